The third-order valence-electron chi connectivity index (χ3n) is 1.65. The number of rotatable bonds is 1. The second-order valence-corrected chi connectivity index (χ2v) is 8.68. The van der Waals surface area contributed by atoms with Crippen molar-refractivity contribution in [2.75, 3.05) is 11.8 Å². The maximum Gasteiger partial charge on any atom is 3.00 e. The molecule has 0 bridgehead atoms. The Morgan fingerprint density at radius 3 is 0.933 bits per heavy atom. The quantitative estimate of drug-likeness (QED) is 0.173. The van der Waals surface area contributed by atoms with Crippen molar-refractivity contribution in [2.45, 2.75) is 27.7 Å². The summed E-state index contributed by atoms with van der Waals surface area (Å²) in [6.45, 7) is 3.89. The molecule has 2 aromatic heterocycles. The van der Waals surface area contributed by atoms with E-state index < -0.39 is 31.7 Å². The number of carbonyl (C=O) groups is 4. The average Bonchev–Trinajstić information content (AvgIpc) is 2.82. The smallest absolute Gasteiger partial charge is 0.263 e. The molecule has 2 aromatic rings. The molecule has 0 saturated heterocycles. The molecule has 0 aliphatic carbocycles. The molecule has 0 fully saturated rings. The Labute approximate surface area is 289 Å². The number of alkyl halides is 2. The van der Waals surface area contributed by atoms with Gasteiger partial charge in [-0.05, 0) is 52.0 Å². The van der Waals surface area contributed by atoms with Crippen LogP contribution in [0.1, 0.15) is 38.8 Å². The van der Waals surface area contributed by atoms with Crippen LogP contribution < -0.4 is 20.4 Å². The summed E-state index contributed by atoms with van der Waals surface area (Å²) in [5, 5.41) is 52.1. The van der Waals surface area contributed by atoms with Crippen LogP contribution in [0.5, 0.6) is 0 Å². The van der Waals surface area contributed by atoms with Crippen molar-refractivity contribution in [1.82, 2.24) is 9.97 Å². The van der Waals surface area contributed by atoms with Gasteiger partial charge >= 0.3 is 71.9 Å². The summed E-state index contributed by atoms with van der Waals surface area (Å²) in [6, 6.07) is 10.8. The SMILES string of the molecule is CC(=O)[O-].CC(=O)[O-].CC(=O)[O-].CC(=O)[O-].ClCCCl.F[P-](F)(F)(F)(F)F.N#Cc1cccnc1.N#Cc1cccnc1.[Ru+2].[Ru+3]. The Hall–Kier alpha value is -3.00. The number of pyridine rings is 2. The Morgan fingerprint density at radius 2 is 0.867 bits per heavy atom. The minimum absolute atomic E-state index is 0. The predicted molar refractivity (Wildman–Crippen MR) is 136 cm³/mol. The fraction of sp³-hybridized carbons (Fsp3) is 0.273. The first-order valence-electron chi connectivity index (χ1n) is 10.1. The molecule has 1 radical (unpaired) electrons. The summed E-state index contributed by atoms with van der Waals surface area (Å²) >= 11 is 10.1. The Bertz CT molecular complexity index is 1010. The Kier molecular flexibility index (Phi) is 46.0. The van der Waals surface area contributed by atoms with Gasteiger partial charge in [0, 0.05) is 60.4 Å². The third kappa shape index (κ3) is 192. The van der Waals surface area contributed by atoms with Crippen LogP contribution in [0, 0.1) is 22.7 Å². The fourth-order valence-corrected chi connectivity index (χ4v) is 0.858. The molecule has 0 saturated carbocycles. The standard InChI is InChI=1S/2C6H4N2.C2H4Cl2.4C2H4O2.F6P.2Ru/c2*7-4-6-2-1-3-8-5-6;3-1-2-4;4*1-2(3)4;1-7(2,3,4,5)6;;/h2*1-3,5H;1-2H2;4*1H3,(H,3,4);;;/q;;;;;;;-1;+2;+3/p-4. The summed E-state index contributed by atoms with van der Waals surface area (Å²) in [7, 11) is -10.7. The molecule has 0 unspecified atom stereocenters. The number of nitrogens with zero attached hydrogens (tertiary/aromatic N) is 4. The summed E-state index contributed by atoms with van der Waals surface area (Å²) in [5.41, 5.74) is 1.21. The summed E-state index contributed by atoms with van der Waals surface area (Å²) < 4.78 is 59.2. The molecule has 0 atom stereocenters. The molecule has 2 rings (SSSR count). The molecule has 0 amide bonds. The van der Waals surface area contributed by atoms with Gasteiger partial charge in [-0.15, -0.1) is 23.2 Å². The van der Waals surface area contributed by atoms with E-state index in [4.69, 9.17) is 73.3 Å². The van der Waals surface area contributed by atoms with Gasteiger partial charge in [-0.1, -0.05) is 0 Å². The zero-order chi connectivity index (χ0) is 35.8. The number of nitriles is 2. The van der Waals surface area contributed by atoms with E-state index in [-0.39, 0.29) is 39.0 Å². The molecule has 2 heterocycles. The molecule has 0 aliphatic heterocycles. The van der Waals surface area contributed by atoms with E-state index in [2.05, 4.69) is 9.97 Å². The van der Waals surface area contributed by atoms with Gasteiger partial charge in [0.15, 0.2) is 0 Å². The zero-order valence-corrected chi connectivity index (χ0v) is 29.1. The minimum atomic E-state index is -10.7. The van der Waals surface area contributed by atoms with Crippen molar-refractivity contribution in [3.63, 3.8) is 0 Å². The van der Waals surface area contributed by atoms with Crippen LogP contribution in [0.15, 0.2) is 49.1 Å². The largest absolute Gasteiger partial charge is 3.00 e. The number of carboxylic acids is 4. The molecule has 257 valence electrons. The van der Waals surface area contributed by atoms with Gasteiger partial charge in [0.05, 0.1) is 11.1 Å². The van der Waals surface area contributed by atoms with Crippen LogP contribution in [0.3, 0.4) is 0 Å². The van der Waals surface area contributed by atoms with Gasteiger partial charge in [-0.3, -0.25) is 9.97 Å². The Balaban J connectivity index is -0.0000000590. The van der Waals surface area contributed by atoms with Crippen molar-refractivity contribution in [1.29, 1.82) is 10.5 Å². The normalized spacial score (nSPS) is 9.29. The Morgan fingerprint density at radius 1 is 0.689 bits per heavy atom. The van der Waals surface area contributed by atoms with E-state index in [1.54, 1.807) is 36.7 Å². The summed E-state index contributed by atoms with van der Waals surface area (Å²) in [4.78, 5) is 43.0. The first-order chi connectivity index (χ1) is 19.2. The fourth-order valence-electron chi connectivity index (χ4n) is 0.858. The van der Waals surface area contributed by atoms with Gasteiger partial charge in [-0.2, -0.15) is 10.5 Å². The number of aromatic nitrogens is 2. The van der Waals surface area contributed by atoms with E-state index >= 15 is 0 Å². The number of aliphatic carboxylic acids is 4. The van der Waals surface area contributed by atoms with Crippen LogP contribution in [-0.4, -0.2) is 45.6 Å². The summed E-state index contributed by atoms with van der Waals surface area (Å²) in [5.74, 6) is -3.22. The maximum atomic E-state index is 9.87. The van der Waals surface area contributed by atoms with Gasteiger partial charge in [-0.25, -0.2) is 0 Å². The van der Waals surface area contributed by atoms with Gasteiger partial charge in [0.25, 0.3) is 0 Å². The molecule has 0 aliphatic rings. The van der Waals surface area contributed by atoms with Gasteiger partial charge in [0.1, 0.15) is 12.1 Å². The summed E-state index contributed by atoms with van der Waals surface area (Å²) in [6.07, 6.45) is 6.34. The van der Waals surface area contributed by atoms with E-state index in [0.717, 1.165) is 27.7 Å². The van der Waals surface area contributed by atoms with E-state index in [0.29, 0.717) is 22.9 Å². The van der Waals surface area contributed by atoms with Gasteiger partial charge in [0.2, 0.25) is 0 Å². The maximum absolute atomic E-state index is 10.7. The first kappa shape index (κ1) is 61.1. The topological polar surface area (TPSA) is 234 Å². The van der Waals surface area contributed by atoms with Crippen molar-refractivity contribution in [3.8, 4) is 12.1 Å². The number of halogens is 8. The molecule has 23 heteroatoms. The van der Waals surface area contributed by atoms with Crippen LogP contribution in [-0.2, 0) is 58.1 Å². The van der Waals surface area contributed by atoms with Crippen LogP contribution in [0.2, 0.25) is 0 Å². The molecule has 0 aromatic carbocycles. The predicted octanol–water partition coefficient (Wildman–Crippen LogP) is 1.77. The van der Waals surface area contributed by atoms with Crippen molar-refractivity contribution >= 4 is 54.9 Å². The second kappa shape index (κ2) is 33.9. The second-order valence-electron chi connectivity index (χ2n) is 6.01. The molecule has 0 spiro atoms. The van der Waals surface area contributed by atoms with Crippen molar-refractivity contribution in [3.05, 3.63) is 60.2 Å². The van der Waals surface area contributed by atoms with Crippen molar-refractivity contribution < 1.29 is 104 Å². The molecular weight excluding hydrogens is 866 g/mol. The molecule has 45 heavy (non-hydrogen) atoms. The van der Waals surface area contributed by atoms with E-state index in [1.807, 2.05) is 12.1 Å². The number of carboxylic acid groups (broad SMARTS) is 4. The van der Waals surface area contributed by atoms with E-state index in [9.17, 15) is 25.2 Å². The van der Waals surface area contributed by atoms with Crippen LogP contribution in [0.4, 0.5) is 25.2 Å². The van der Waals surface area contributed by atoms with Crippen LogP contribution >= 0.6 is 31.0 Å². The molecular formula is C22H24Cl2F6N4O8PRu2. The van der Waals surface area contributed by atoms with Crippen molar-refractivity contribution in [2.24, 2.45) is 0 Å². The van der Waals surface area contributed by atoms with E-state index in [1.165, 1.54) is 12.4 Å². The first-order valence-corrected chi connectivity index (χ1v) is 13.2. The van der Waals surface area contributed by atoms with Gasteiger partial charge < -0.3 is 39.6 Å². The zero-order valence-electron chi connectivity index (χ0n) is 23.3. The molecule has 12 nitrogen and oxygen atoms in total. The van der Waals surface area contributed by atoms with Crippen LogP contribution in [0.25, 0.3) is 0 Å². The third-order valence-corrected chi connectivity index (χ3v) is 2.22. The number of hydrogen-bond donors (Lipinski definition) is 0. The monoisotopic (exact) mass is 891 g/mol. The number of carbonyl (C=O) groups excluding carboxylic acids is 4. The minimum Gasteiger partial charge on any atom is -0.263 e. The molecule has 0 N–H and O–H groups in total. The number of hydrogen-bond acceptors (Lipinski definition) is 12. The average molecular weight is 890 g/mol.